The zero-order valence-electron chi connectivity index (χ0n) is 12.8. The van der Waals surface area contributed by atoms with E-state index in [4.69, 9.17) is 9.84 Å². The van der Waals surface area contributed by atoms with E-state index in [9.17, 15) is 4.79 Å². The molecule has 0 aliphatic carbocycles. The van der Waals surface area contributed by atoms with E-state index in [1.807, 2.05) is 49.4 Å². The van der Waals surface area contributed by atoms with Crippen molar-refractivity contribution in [2.75, 3.05) is 7.11 Å². The summed E-state index contributed by atoms with van der Waals surface area (Å²) in [6.07, 6.45) is 1.39. The second kappa shape index (κ2) is 5.96. The zero-order valence-corrected chi connectivity index (χ0v) is 12.8. The Labute approximate surface area is 133 Å². The van der Waals surface area contributed by atoms with E-state index in [-0.39, 0.29) is 5.69 Å². The zero-order chi connectivity index (χ0) is 16.4. The Kier molecular flexibility index (Phi) is 3.85. The van der Waals surface area contributed by atoms with Gasteiger partial charge in [0.1, 0.15) is 11.6 Å². The molecule has 1 aromatic heterocycles. The van der Waals surface area contributed by atoms with Crippen molar-refractivity contribution in [3.05, 3.63) is 59.9 Å². The number of aromatic carboxylic acids is 1. The smallest absolute Gasteiger partial charge is 0.356 e. The second-order valence-corrected chi connectivity index (χ2v) is 5.17. The van der Waals surface area contributed by atoms with Gasteiger partial charge in [-0.3, -0.25) is 0 Å². The molecule has 0 radical (unpaired) electrons. The normalized spacial score (nSPS) is 10.5. The number of imidazole rings is 1. The SMILES string of the molecule is COc1ccccc1-c1cc(-c2nc(C(=O)O)c[nH]2)ccc1C. The fraction of sp³-hybridized carbons (Fsp3) is 0.111. The first-order valence-electron chi connectivity index (χ1n) is 7.13. The van der Waals surface area contributed by atoms with Crippen molar-refractivity contribution in [1.29, 1.82) is 0 Å². The fourth-order valence-corrected chi connectivity index (χ4v) is 2.51. The number of carbonyl (C=O) groups is 1. The highest BCUT2D eigenvalue weighted by atomic mass is 16.5. The Morgan fingerprint density at radius 1 is 1.17 bits per heavy atom. The largest absolute Gasteiger partial charge is 0.496 e. The van der Waals surface area contributed by atoms with Gasteiger partial charge in [0.15, 0.2) is 5.69 Å². The van der Waals surface area contributed by atoms with Crippen LogP contribution in [0.25, 0.3) is 22.5 Å². The molecule has 116 valence electrons. The van der Waals surface area contributed by atoms with Crippen molar-refractivity contribution in [1.82, 2.24) is 9.97 Å². The van der Waals surface area contributed by atoms with Gasteiger partial charge in [-0.1, -0.05) is 30.3 Å². The molecule has 2 aromatic carbocycles. The van der Waals surface area contributed by atoms with E-state index >= 15 is 0 Å². The predicted molar refractivity (Wildman–Crippen MR) is 87.7 cm³/mol. The molecule has 2 N–H and O–H groups in total. The number of aromatic amines is 1. The third-order valence-corrected chi connectivity index (χ3v) is 3.71. The number of hydrogen-bond acceptors (Lipinski definition) is 3. The maximum Gasteiger partial charge on any atom is 0.356 e. The summed E-state index contributed by atoms with van der Waals surface area (Å²) >= 11 is 0. The lowest BCUT2D eigenvalue weighted by molar-refractivity contribution is 0.0691. The van der Waals surface area contributed by atoms with E-state index in [0.29, 0.717) is 5.82 Å². The van der Waals surface area contributed by atoms with Crippen LogP contribution in [0.2, 0.25) is 0 Å². The average Bonchev–Trinajstić information content (AvgIpc) is 3.05. The minimum atomic E-state index is -1.05. The highest BCUT2D eigenvalue weighted by molar-refractivity contribution is 5.86. The number of aryl methyl sites for hydroxylation is 1. The van der Waals surface area contributed by atoms with Crippen LogP contribution in [0, 0.1) is 6.92 Å². The summed E-state index contributed by atoms with van der Waals surface area (Å²) in [6, 6.07) is 13.7. The standard InChI is InChI=1S/C18H16N2O3/c1-11-7-8-12(17-19-10-15(20-17)18(21)22)9-14(11)13-5-3-4-6-16(13)23-2/h3-10H,1-2H3,(H,19,20)(H,21,22). The molecule has 0 bridgehead atoms. The van der Waals surface area contributed by atoms with Crippen LogP contribution in [-0.4, -0.2) is 28.2 Å². The highest BCUT2D eigenvalue weighted by Gasteiger charge is 2.13. The van der Waals surface area contributed by atoms with Crippen LogP contribution >= 0.6 is 0 Å². The van der Waals surface area contributed by atoms with Gasteiger partial charge in [-0.25, -0.2) is 9.78 Å². The predicted octanol–water partition coefficient (Wildman–Crippen LogP) is 3.76. The van der Waals surface area contributed by atoms with Crippen molar-refractivity contribution in [3.63, 3.8) is 0 Å². The number of nitrogens with zero attached hydrogens (tertiary/aromatic N) is 1. The minimum absolute atomic E-state index is 0.000540. The van der Waals surface area contributed by atoms with Crippen molar-refractivity contribution in [2.24, 2.45) is 0 Å². The van der Waals surface area contributed by atoms with Crippen molar-refractivity contribution in [2.45, 2.75) is 6.92 Å². The van der Waals surface area contributed by atoms with Crippen LogP contribution in [0.4, 0.5) is 0 Å². The number of H-pyrrole nitrogens is 1. The fourth-order valence-electron chi connectivity index (χ4n) is 2.51. The number of para-hydroxylation sites is 1. The van der Waals surface area contributed by atoms with Gasteiger partial charge >= 0.3 is 5.97 Å². The molecular weight excluding hydrogens is 292 g/mol. The van der Waals surface area contributed by atoms with Crippen LogP contribution in [0.15, 0.2) is 48.7 Å². The van der Waals surface area contributed by atoms with Gasteiger partial charge in [0.2, 0.25) is 0 Å². The average molecular weight is 308 g/mol. The molecule has 0 saturated carbocycles. The molecule has 5 nitrogen and oxygen atoms in total. The van der Waals surface area contributed by atoms with Crippen molar-refractivity contribution >= 4 is 5.97 Å². The first-order chi connectivity index (χ1) is 11.1. The summed E-state index contributed by atoms with van der Waals surface area (Å²) in [7, 11) is 1.64. The van der Waals surface area contributed by atoms with E-state index in [1.54, 1.807) is 7.11 Å². The topological polar surface area (TPSA) is 75.2 Å². The molecule has 0 spiro atoms. The Bertz CT molecular complexity index is 868. The molecule has 0 atom stereocenters. The van der Waals surface area contributed by atoms with Gasteiger partial charge in [0, 0.05) is 17.3 Å². The first-order valence-corrected chi connectivity index (χ1v) is 7.13. The quantitative estimate of drug-likeness (QED) is 0.769. The molecule has 0 unspecified atom stereocenters. The van der Waals surface area contributed by atoms with Gasteiger partial charge in [0.25, 0.3) is 0 Å². The minimum Gasteiger partial charge on any atom is -0.496 e. The molecule has 5 heteroatoms. The van der Waals surface area contributed by atoms with Crippen molar-refractivity contribution < 1.29 is 14.6 Å². The maximum atomic E-state index is 11.0. The number of ether oxygens (including phenoxy) is 1. The maximum absolute atomic E-state index is 11.0. The van der Waals surface area contributed by atoms with Crippen LogP contribution in [0.3, 0.4) is 0 Å². The number of aromatic nitrogens is 2. The molecule has 1 heterocycles. The Morgan fingerprint density at radius 3 is 2.65 bits per heavy atom. The van der Waals surface area contributed by atoms with Gasteiger partial charge in [-0.05, 0) is 30.2 Å². The number of hydrogen-bond donors (Lipinski definition) is 2. The summed E-state index contributed by atoms with van der Waals surface area (Å²) in [5, 5.41) is 8.99. The lowest BCUT2D eigenvalue weighted by Crippen LogP contribution is -1.95. The van der Waals surface area contributed by atoms with Gasteiger partial charge < -0.3 is 14.8 Å². The third-order valence-electron chi connectivity index (χ3n) is 3.71. The highest BCUT2D eigenvalue weighted by Crippen LogP contribution is 2.34. The number of benzene rings is 2. The molecular formula is C18H16N2O3. The van der Waals surface area contributed by atoms with Gasteiger partial charge in [-0.15, -0.1) is 0 Å². The summed E-state index contributed by atoms with van der Waals surface area (Å²) in [5.74, 6) is 0.265. The number of carboxylic acids is 1. The van der Waals surface area contributed by atoms with Gasteiger partial charge in [0.05, 0.1) is 7.11 Å². The number of rotatable bonds is 4. The molecule has 23 heavy (non-hydrogen) atoms. The van der Waals surface area contributed by atoms with E-state index in [1.165, 1.54) is 6.20 Å². The van der Waals surface area contributed by atoms with Crippen LogP contribution in [0.5, 0.6) is 5.75 Å². The number of methoxy groups -OCH3 is 1. The summed E-state index contributed by atoms with van der Waals surface area (Å²) in [6.45, 7) is 2.02. The number of carboxylic acid groups (broad SMARTS) is 1. The molecule has 0 saturated heterocycles. The Balaban J connectivity index is 2.10. The van der Waals surface area contributed by atoms with E-state index < -0.39 is 5.97 Å². The van der Waals surface area contributed by atoms with Gasteiger partial charge in [-0.2, -0.15) is 0 Å². The molecule has 0 aliphatic rings. The monoisotopic (exact) mass is 308 g/mol. The molecule has 3 aromatic rings. The molecule has 0 aliphatic heterocycles. The first kappa shape index (κ1) is 14.8. The molecule has 0 amide bonds. The van der Waals surface area contributed by atoms with Crippen LogP contribution < -0.4 is 4.74 Å². The molecule has 0 fully saturated rings. The summed E-state index contributed by atoms with van der Waals surface area (Å²) < 4.78 is 5.43. The Hall–Kier alpha value is -3.08. The van der Waals surface area contributed by atoms with Crippen LogP contribution in [-0.2, 0) is 0 Å². The van der Waals surface area contributed by atoms with Crippen LogP contribution in [0.1, 0.15) is 16.1 Å². The lowest BCUT2D eigenvalue weighted by atomic mass is 9.97. The second-order valence-electron chi connectivity index (χ2n) is 5.17. The van der Waals surface area contributed by atoms with Crippen molar-refractivity contribution in [3.8, 4) is 28.3 Å². The lowest BCUT2D eigenvalue weighted by Gasteiger charge is -2.12. The molecule has 3 rings (SSSR count). The van der Waals surface area contributed by atoms with E-state index in [2.05, 4.69) is 9.97 Å². The summed E-state index contributed by atoms with van der Waals surface area (Å²) in [5.41, 5.74) is 3.93. The number of nitrogens with one attached hydrogen (secondary N) is 1. The van der Waals surface area contributed by atoms with E-state index in [0.717, 1.165) is 28.0 Å². The summed E-state index contributed by atoms with van der Waals surface area (Å²) in [4.78, 5) is 18.0. The Morgan fingerprint density at radius 2 is 1.96 bits per heavy atom. The third kappa shape index (κ3) is 2.81.